The van der Waals surface area contributed by atoms with Crippen LogP contribution in [0.1, 0.15) is 36.9 Å². The molecule has 16 heavy (non-hydrogen) atoms. The monoisotopic (exact) mass is 220 g/mol. The number of ether oxygens (including phenoxy) is 1. The maximum Gasteiger partial charge on any atom is 0.213 e. The van der Waals surface area contributed by atoms with E-state index in [-0.39, 0.29) is 0 Å². The minimum absolute atomic E-state index is 0.543. The van der Waals surface area contributed by atoms with Crippen LogP contribution in [0.25, 0.3) is 0 Å². The molecule has 1 aliphatic rings. The summed E-state index contributed by atoms with van der Waals surface area (Å²) in [5, 5.41) is 0. The summed E-state index contributed by atoms with van der Waals surface area (Å²) in [7, 11) is 0. The Morgan fingerprint density at radius 3 is 2.81 bits per heavy atom. The molecular weight excluding hydrogens is 200 g/mol. The van der Waals surface area contributed by atoms with Crippen molar-refractivity contribution >= 4 is 0 Å². The first-order valence-corrected chi connectivity index (χ1v) is 6.09. The molecule has 3 heteroatoms. The first kappa shape index (κ1) is 11.4. The van der Waals surface area contributed by atoms with Crippen molar-refractivity contribution in [3.8, 4) is 5.88 Å². The summed E-state index contributed by atoms with van der Waals surface area (Å²) in [6.07, 6.45) is 5.32. The lowest BCUT2D eigenvalue weighted by Gasteiger charge is -2.24. The lowest BCUT2D eigenvalue weighted by molar-refractivity contribution is 0.217. The number of nitrogens with zero attached hydrogens (tertiary/aromatic N) is 1. The van der Waals surface area contributed by atoms with E-state index in [0.717, 1.165) is 29.7 Å². The van der Waals surface area contributed by atoms with Gasteiger partial charge in [0.2, 0.25) is 5.88 Å². The molecule has 0 aliphatic heterocycles. The van der Waals surface area contributed by atoms with Gasteiger partial charge < -0.3 is 10.5 Å². The van der Waals surface area contributed by atoms with Gasteiger partial charge in [-0.15, -0.1) is 0 Å². The molecule has 0 aromatic carbocycles. The Kier molecular flexibility index (Phi) is 3.78. The Morgan fingerprint density at radius 1 is 1.44 bits per heavy atom. The minimum Gasteiger partial charge on any atom is -0.478 e. The zero-order valence-corrected chi connectivity index (χ0v) is 9.91. The highest BCUT2D eigenvalue weighted by Crippen LogP contribution is 2.29. The third kappa shape index (κ3) is 2.73. The topological polar surface area (TPSA) is 48.1 Å². The normalized spacial score (nSPS) is 15.9. The summed E-state index contributed by atoms with van der Waals surface area (Å²) >= 11 is 0. The number of hydrogen-bond donors (Lipinski definition) is 1. The van der Waals surface area contributed by atoms with Crippen LogP contribution in [0.15, 0.2) is 12.1 Å². The van der Waals surface area contributed by atoms with Crippen LogP contribution < -0.4 is 10.5 Å². The van der Waals surface area contributed by atoms with E-state index in [1.165, 1.54) is 25.7 Å². The van der Waals surface area contributed by atoms with E-state index in [4.69, 9.17) is 10.5 Å². The largest absolute Gasteiger partial charge is 0.478 e. The molecular formula is C13H20N2O. The number of pyridine rings is 1. The third-order valence-electron chi connectivity index (χ3n) is 3.39. The molecule has 0 radical (unpaired) electrons. The van der Waals surface area contributed by atoms with Gasteiger partial charge in [-0.25, -0.2) is 4.98 Å². The fourth-order valence-corrected chi connectivity index (χ4v) is 1.97. The molecule has 2 rings (SSSR count). The lowest BCUT2D eigenvalue weighted by atomic mass is 9.83. The summed E-state index contributed by atoms with van der Waals surface area (Å²) in [5.74, 6) is 1.62. The molecule has 0 unspecified atom stereocenters. The average molecular weight is 220 g/mol. The molecule has 1 saturated carbocycles. The van der Waals surface area contributed by atoms with Crippen LogP contribution in [0.4, 0.5) is 0 Å². The van der Waals surface area contributed by atoms with Crippen molar-refractivity contribution in [1.82, 2.24) is 4.98 Å². The zero-order chi connectivity index (χ0) is 11.4. The van der Waals surface area contributed by atoms with Gasteiger partial charge >= 0.3 is 0 Å². The van der Waals surface area contributed by atoms with E-state index < -0.39 is 0 Å². The summed E-state index contributed by atoms with van der Waals surface area (Å²) in [6.45, 7) is 3.31. The van der Waals surface area contributed by atoms with E-state index in [1.807, 2.05) is 19.1 Å². The zero-order valence-electron chi connectivity index (χ0n) is 9.91. The predicted molar refractivity (Wildman–Crippen MR) is 64.3 cm³/mol. The SMILES string of the molecule is Cc1nc(OCCC2CCC2)ccc1CN. The second-order valence-electron chi connectivity index (χ2n) is 4.53. The van der Waals surface area contributed by atoms with Crippen LogP contribution in [0.3, 0.4) is 0 Å². The summed E-state index contributed by atoms with van der Waals surface area (Å²) in [5.41, 5.74) is 7.65. The number of hydrogen-bond acceptors (Lipinski definition) is 3. The van der Waals surface area contributed by atoms with Gasteiger partial charge in [-0.1, -0.05) is 25.3 Å². The summed E-state index contributed by atoms with van der Waals surface area (Å²) < 4.78 is 5.64. The Bertz CT molecular complexity index is 348. The second kappa shape index (κ2) is 5.30. The first-order chi connectivity index (χ1) is 7.79. The molecule has 1 aromatic heterocycles. The van der Waals surface area contributed by atoms with Crippen molar-refractivity contribution in [1.29, 1.82) is 0 Å². The Morgan fingerprint density at radius 2 is 2.25 bits per heavy atom. The highest BCUT2D eigenvalue weighted by atomic mass is 16.5. The molecule has 0 saturated heterocycles. The maximum absolute atomic E-state index is 5.64. The Hall–Kier alpha value is -1.09. The van der Waals surface area contributed by atoms with E-state index >= 15 is 0 Å². The van der Waals surface area contributed by atoms with Gasteiger partial charge in [0.15, 0.2) is 0 Å². The van der Waals surface area contributed by atoms with E-state index in [2.05, 4.69) is 4.98 Å². The van der Waals surface area contributed by atoms with Crippen LogP contribution in [0, 0.1) is 12.8 Å². The van der Waals surface area contributed by atoms with Crippen LogP contribution in [-0.2, 0) is 6.54 Å². The van der Waals surface area contributed by atoms with Crippen molar-refractivity contribution in [2.45, 2.75) is 39.2 Å². The molecule has 1 fully saturated rings. The molecule has 0 spiro atoms. The van der Waals surface area contributed by atoms with Gasteiger partial charge in [0.1, 0.15) is 0 Å². The smallest absolute Gasteiger partial charge is 0.213 e. The molecule has 0 amide bonds. The molecule has 0 bridgehead atoms. The minimum atomic E-state index is 0.543. The standard InChI is InChI=1S/C13H20N2O/c1-10-12(9-14)5-6-13(15-10)16-8-7-11-3-2-4-11/h5-6,11H,2-4,7-9,14H2,1H3. The van der Waals surface area contributed by atoms with Gasteiger partial charge in [-0.2, -0.15) is 0 Å². The van der Waals surface area contributed by atoms with Crippen LogP contribution >= 0.6 is 0 Å². The van der Waals surface area contributed by atoms with Crippen LogP contribution in [0.5, 0.6) is 5.88 Å². The molecule has 1 aromatic rings. The van der Waals surface area contributed by atoms with Crippen molar-refractivity contribution in [2.75, 3.05) is 6.61 Å². The quantitative estimate of drug-likeness (QED) is 0.829. The molecule has 3 nitrogen and oxygen atoms in total. The molecule has 2 N–H and O–H groups in total. The summed E-state index contributed by atoms with van der Waals surface area (Å²) in [6, 6.07) is 3.91. The molecule has 0 atom stereocenters. The van der Waals surface area contributed by atoms with Crippen LogP contribution in [-0.4, -0.2) is 11.6 Å². The molecule has 1 aliphatic carbocycles. The van der Waals surface area contributed by atoms with Crippen molar-refractivity contribution in [3.63, 3.8) is 0 Å². The maximum atomic E-state index is 5.64. The number of nitrogens with two attached hydrogens (primary N) is 1. The third-order valence-corrected chi connectivity index (χ3v) is 3.39. The van der Waals surface area contributed by atoms with Crippen molar-refractivity contribution in [2.24, 2.45) is 11.7 Å². The first-order valence-electron chi connectivity index (χ1n) is 6.09. The van der Waals surface area contributed by atoms with Gasteiger partial charge in [0.05, 0.1) is 6.61 Å². The highest BCUT2D eigenvalue weighted by Gasteiger charge is 2.16. The van der Waals surface area contributed by atoms with Crippen molar-refractivity contribution < 1.29 is 4.74 Å². The van der Waals surface area contributed by atoms with Crippen LogP contribution in [0.2, 0.25) is 0 Å². The van der Waals surface area contributed by atoms with E-state index in [1.54, 1.807) is 0 Å². The highest BCUT2D eigenvalue weighted by molar-refractivity contribution is 5.24. The number of aromatic nitrogens is 1. The lowest BCUT2D eigenvalue weighted by Crippen LogP contribution is -2.14. The average Bonchev–Trinajstić information content (AvgIpc) is 2.22. The summed E-state index contributed by atoms with van der Waals surface area (Å²) in [4.78, 5) is 4.38. The van der Waals surface area contributed by atoms with Crippen molar-refractivity contribution in [3.05, 3.63) is 23.4 Å². The van der Waals surface area contributed by atoms with Gasteiger partial charge in [0, 0.05) is 18.3 Å². The fraction of sp³-hybridized carbons (Fsp3) is 0.615. The van der Waals surface area contributed by atoms with Gasteiger partial charge in [-0.3, -0.25) is 0 Å². The van der Waals surface area contributed by atoms with Gasteiger partial charge in [0.25, 0.3) is 0 Å². The fourth-order valence-electron chi connectivity index (χ4n) is 1.97. The number of aryl methyl sites for hydroxylation is 1. The predicted octanol–water partition coefficient (Wildman–Crippen LogP) is 2.42. The molecule has 1 heterocycles. The Balaban J connectivity index is 1.81. The van der Waals surface area contributed by atoms with E-state index in [9.17, 15) is 0 Å². The van der Waals surface area contributed by atoms with E-state index in [0.29, 0.717) is 6.54 Å². The Labute approximate surface area is 97.0 Å². The number of rotatable bonds is 5. The molecule has 88 valence electrons. The van der Waals surface area contributed by atoms with Gasteiger partial charge in [-0.05, 0) is 24.8 Å². The second-order valence-corrected chi connectivity index (χ2v) is 4.53.